The monoisotopic (exact) mass is 495 g/mol. The molecular weight excluding hydrogens is 453 g/mol. The summed E-state index contributed by atoms with van der Waals surface area (Å²) in [5.41, 5.74) is 6.52. The number of anilines is 1. The van der Waals surface area contributed by atoms with Gasteiger partial charge < -0.3 is 16.0 Å². The van der Waals surface area contributed by atoms with Crippen LogP contribution < -0.4 is 16.0 Å². The van der Waals surface area contributed by atoms with Gasteiger partial charge in [-0.25, -0.2) is 4.39 Å². The first-order valence-corrected chi connectivity index (χ1v) is 13.6. The van der Waals surface area contributed by atoms with Crippen molar-refractivity contribution in [1.29, 1.82) is 0 Å². The van der Waals surface area contributed by atoms with Crippen LogP contribution in [0.3, 0.4) is 0 Å². The summed E-state index contributed by atoms with van der Waals surface area (Å²) >= 11 is 0. The molecule has 0 aromatic heterocycles. The Morgan fingerprint density at radius 1 is 1.17 bits per heavy atom. The lowest BCUT2D eigenvalue weighted by Gasteiger charge is -2.26. The lowest BCUT2D eigenvalue weighted by Crippen LogP contribution is -2.41. The number of allylic oxidation sites excluding steroid dienone is 3. The molecule has 0 radical (unpaired) electrons. The fourth-order valence-corrected chi connectivity index (χ4v) is 5.30. The molecule has 0 bridgehead atoms. The molecule has 196 valence electrons. The van der Waals surface area contributed by atoms with Gasteiger partial charge >= 0.3 is 0 Å². The third-order valence-corrected chi connectivity index (χ3v) is 7.33. The van der Waals surface area contributed by atoms with E-state index >= 15 is 0 Å². The van der Waals surface area contributed by atoms with Crippen LogP contribution >= 0.6 is 0 Å². The Balaban J connectivity index is 1.97. The van der Waals surface area contributed by atoms with Gasteiger partial charge in [-0.15, -0.1) is 0 Å². The molecule has 2 amide bonds. The predicted octanol–water partition coefficient (Wildman–Crippen LogP) is 6.43. The van der Waals surface area contributed by atoms with E-state index in [-0.39, 0.29) is 23.7 Å². The second kappa shape index (κ2) is 13.0. The molecule has 2 aliphatic rings. The molecule has 1 aromatic carbocycles. The van der Waals surface area contributed by atoms with E-state index in [2.05, 4.69) is 36.7 Å². The van der Waals surface area contributed by atoms with E-state index in [1.807, 2.05) is 13.8 Å². The van der Waals surface area contributed by atoms with Crippen LogP contribution in [0, 0.1) is 5.82 Å². The van der Waals surface area contributed by atoms with Crippen LogP contribution in [0.5, 0.6) is 0 Å². The summed E-state index contributed by atoms with van der Waals surface area (Å²) in [5.74, 6) is -0.604. The van der Waals surface area contributed by atoms with Gasteiger partial charge in [0.25, 0.3) is 11.8 Å². The summed E-state index contributed by atoms with van der Waals surface area (Å²) in [6.07, 6.45) is 7.36. The van der Waals surface area contributed by atoms with Crippen LogP contribution in [0.4, 0.5) is 10.1 Å². The molecule has 3 rings (SSSR count). The zero-order valence-corrected chi connectivity index (χ0v) is 22.6. The minimum absolute atomic E-state index is 0.0420. The Labute approximate surface area is 215 Å². The first kappa shape index (κ1) is 27.9. The lowest BCUT2D eigenvalue weighted by atomic mass is 9.79. The van der Waals surface area contributed by atoms with E-state index in [1.165, 1.54) is 12.1 Å². The second-order valence-corrected chi connectivity index (χ2v) is 9.98. The molecule has 1 aliphatic carbocycles. The number of nitrogens with one attached hydrogen (secondary N) is 3. The second-order valence-electron chi connectivity index (χ2n) is 9.98. The third-order valence-electron chi connectivity index (χ3n) is 7.33. The fourth-order valence-electron chi connectivity index (χ4n) is 5.30. The van der Waals surface area contributed by atoms with Crippen molar-refractivity contribution < 1.29 is 14.0 Å². The Hall–Kier alpha value is -2.73. The van der Waals surface area contributed by atoms with Crippen molar-refractivity contribution in [1.82, 2.24) is 10.6 Å². The Morgan fingerprint density at radius 3 is 2.64 bits per heavy atom. The maximum atomic E-state index is 14.1. The van der Waals surface area contributed by atoms with Crippen molar-refractivity contribution in [3.05, 3.63) is 57.4 Å². The highest BCUT2D eigenvalue weighted by Crippen LogP contribution is 2.43. The average Bonchev–Trinajstić information content (AvgIpc) is 3.17. The number of carbonyl (C=O) groups excluding carboxylic acids is 2. The molecular formula is C30H42FN3O2. The highest BCUT2D eigenvalue weighted by molar-refractivity contribution is 6.32. The number of halogens is 1. The highest BCUT2D eigenvalue weighted by atomic mass is 19.1. The topological polar surface area (TPSA) is 70.2 Å². The lowest BCUT2D eigenvalue weighted by molar-refractivity contribution is -0.117. The van der Waals surface area contributed by atoms with Crippen LogP contribution in [0.15, 0.2) is 46.1 Å². The minimum Gasteiger partial charge on any atom is -0.350 e. The van der Waals surface area contributed by atoms with Gasteiger partial charge in [-0.2, -0.15) is 0 Å². The zero-order valence-electron chi connectivity index (χ0n) is 22.6. The van der Waals surface area contributed by atoms with Crippen LogP contribution in [-0.2, 0) is 9.59 Å². The molecule has 1 heterocycles. The van der Waals surface area contributed by atoms with E-state index in [1.54, 1.807) is 6.07 Å². The van der Waals surface area contributed by atoms with E-state index < -0.39 is 0 Å². The molecule has 36 heavy (non-hydrogen) atoms. The van der Waals surface area contributed by atoms with Gasteiger partial charge in [-0.05, 0) is 93.8 Å². The van der Waals surface area contributed by atoms with E-state index in [9.17, 15) is 14.0 Å². The van der Waals surface area contributed by atoms with Gasteiger partial charge in [0.15, 0.2) is 0 Å². The van der Waals surface area contributed by atoms with E-state index in [0.29, 0.717) is 23.4 Å². The van der Waals surface area contributed by atoms with Crippen LogP contribution in [-0.4, -0.2) is 30.9 Å². The third kappa shape index (κ3) is 6.33. The van der Waals surface area contributed by atoms with Gasteiger partial charge in [-0.3, -0.25) is 9.59 Å². The first-order valence-electron chi connectivity index (χ1n) is 13.6. The molecule has 1 unspecified atom stereocenters. The standard InChI is InChI=1S/C30H42FN3O2/c1-6-9-16-32-22(8-3)18-33-29(35)27(19(4)11-7-2)23-12-10-13-24(20(23)5)28-25-17-21(31)14-15-26(25)34-30(28)36/h14-15,17,22,32H,6-13,16,18H2,1-5H3,(H,33,35)(H,34,36)/b27-19+,28-24-. The largest absolute Gasteiger partial charge is 0.350 e. The van der Waals surface area contributed by atoms with Gasteiger partial charge in [0.1, 0.15) is 5.82 Å². The van der Waals surface area contributed by atoms with Gasteiger partial charge in [-0.1, -0.05) is 39.2 Å². The normalized spacial score (nSPS) is 19.1. The summed E-state index contributed by atoms with van der Waals surface area (Å²) in [7, 11) is 0. The van der Waals surface area contributed by atoms with Crippen molar-refractivity contribution in [2.75, 3.05) is 18.4 Å². The molecule has 1 aromatic rings. The average molecular weight is 496 g/mol. The Kier molecular flexibility index (Phi) is 10.1. The number of unbranched alkanes of at least 4 members (excludes halogenated alkanes) is 1. The van der Waals surface area contributed by atoms with Crippen LogP contribution in [0.1, 0.15) is 91.5 Å². The molecule has 0 saturated heterocycles. The van der Waals surface area contributed by atoms with E-state index in [4.69, 9.17) is 0 Å². The molecule has 3 N–H and O–H groups in total. The van der Waals surface area contributed by atoms with Gasteiger partial charge in [0, 0.05) is 29.4 Å². The smallest absolute Gasteiger partial charge is 0.256 e. The summed E-state index contributed by atoms with van der Waals surface area (Å²) in [4.78, 5) is 26.6. The number of carbonyl (C=O) groups is 2. The zero-order chi connectivity index (χ0) is 26.2. The molecule has 6 heteroatoms. The van der Waals surface area contributed by atoms with Crippen molar-refractivity contribution in [2.45, 2.75) is 92.0 Å². The van der Waals surface area contributed by atoms with E-state index in [0.717, 1.165) is 85.8 Å². The first-order chi connectivity index (χ1) is 17.3. The summed E-state index contributed by atoms with van der Waals surface area (Å²) < 4.78 is 14.1. The number of amides is 2. The van der Waals surface area contributed by atoms with Crippen molar-refractivity contribution in [3.63, 3.8) is 0 Å². The summed E-state index contributed by atoms with van der Waals surface area (Å²) in [5, 5.41) is 9.62. The number of fused-ring (bicyclic) bond motifs is 1. The predicted molar refractivity (Wildman–Crippen MR) is 146 cm³/mol. The molecule has 1 atom stereocenters. The summed E-state index contributed by atoms with van der Waals surface area (Å²) in [6, 6.07) is 4.64. The highest BCUT2D eigenvalue weighted by Gasteiger charge is 2.31. The Bertz CT molecular complexity index is 1080. The summed E-state index contributed by atoms with van der Waals surface area (Å²) in [6.45, 7) is 12.0. The number of hydrogen-bond donors (Lipinski definition) is 3. The molecule has 0 spiro atoms. The number of hydrogen-bond acceptors (Lipinski definition) is 3. The molecule has 0 fully saturated rings. The fraction of sp³-hybridized carbons (Fsp3) is 0.533. The van der Waals surface area contributed by atoms with Crippen molar-refractivity contribution in [2.24, 2.45) is 0 Å². The number of rotatable bonds is 11. The van der Waals surface area contributed by atoms with Gasteiger partial charge in [0.05, 0.1) is 5.57 Å². The Morgan fingerprint density at radius 2 is 1.94 bits per heavy atom. The quantitative estimate of drug-likeness (QED) is 0.245. The maximum Gasteiger partial charge on any atom is 0.256 e. The van der Waals surface area contributed by atoms with Crippen LogP contribution in [0.25, 0.3) is 5.57 Å². The molecule has 0 saturated carbocycles. The SMILES string of the molecule is CCCCNC(CC)CNC(=O)/C(C1=C(C)/C(=C2\C(=O)Nc3ccc(F)cc32)CCC1)=C(\C)CCC. The van der Waals surface area contributed by atoms with Crippen molar-refractivity contribution >= 4 is 23.1 Å². The molecule has 1 aliphatic heterocycles. The van der Waals surface area contributed by atoms with Crippen molar-refractivity contribution in [3.8, 4) is 0 Å². The number of benzene rings is 1. The van der Waals surface area contributed by atoms with Gasteiger partial charge in [0.2, 0.25) is 0 Å². The molecule has 5 nitrogen and oxygen atoms in total. The maximum absolute atomic E-state index is 14.1. The van der Waals surface area contributed by atoms with Crippen LogP contribution in [0.2, 0.25) is 0 Å². The minimum atomic E-state index is -0.363.